The van der Waals surface area contributed by atoms with Crippen LogP contribution in [0.25, 0.3) is 0 Å². The minimum Gasteiger partial charge on any atom is -0.312 e. The Morgan fingerprint density at radius 1 is 1.44 bits per heavy atom. The molecule has 1 saturated carbocycles. The summed E-state index contributed by atoms with van der Waals surface area (Å²) >= 11 is 11.8. The SMILES string of the molecule is CCN(C(=O)C1CC1(Cl)Cl)c1ccccc1. The monoisotopic (exact) mass is 257 g/mol. The summed E-state index contributed by atoms with van der Waals surface area (Å²) in [5.74, 6) is -0.241. The number of hydrogen-bond donors (Lipinski definition) is 0. The quantitative estimate of drug-likeness (QED) is 0.762. The van der Waals surface area contributed by atoms with Crippen molar-refractivity contribution in [2.45, 2.75) is 17.7 Å². The van der Waals surface area contributed by atoms with Crippen LogP contribution in [0.3, 0.4) is 0 Å². The Bertz CT molecular complexity index is 391. The van der Waals surface area contributed by atoms with E-state index in [9.17, 15) is 4.79 Å². The van der Waals surface area contributed by atoms with E-state index in [0.717, 1.165) is 5.69 Å². The lowest BCUT2D eigenvalue weighted by Crippen LogP contribution is -2.33. The second-order valence-electron chi connectivity index (χ2n) is 3.94. The number of halogens is 2. The van der Waals surface area contributed by atoms with E-state index in [2.05, 4.69) is 0 Å². The van der Waals surface area contributed by atoms with Crippen molar-refractivity contribution in [3.8, 4) is 0 Å². The molecule has 0 aromatic heterocycles. The number of para-hydroxylation sites is 1. The minimum atomic E-state index is -0.848. The topological polar surface area (TPSA) is 20.3 Å². The Morgan fingerprint density at radius 2 is 2.00 bits per heavy atom. The summed E-state index contributed by atoms with van der Waals surface area (Å²) in [7, 11) is 0. The second-order valence-corrected chi connectivity index (χ2v) is 5.48. The summed E-state index contributed by atoms with van der Waals surface area (Å²) in [4.78, 5) is 13.8. The molecular weight excluding hydrogens is 245 g/mol. The van der Waals surface area contributed by atoms with E-state index >= 15 is 0 Å². The molecule has 1 amide bonds. The highest BCUT2D eigenvalue weighted by Crippen LogP contribution is 2.54. The van der Waals surface area contributed by atoms with E-state index in [4.69, 9.17) is 23.2 Å². The largest absolute Gasteiger partial charge is 0.312 e. The van der Waals surface area contributed by atoms with Crippen molar-refractivity contribution < 1.29 is 4.79 Å². The zero-order chi connectivity index (χ0) is 11.8. The molecule has 0 N–H and O–H groups in total. The molecule has 1 atom stereocenters. The van der Waals surface area contributed by atoms with Crippen LogP contribution in [0.4, 0.5) is 5.69 Å². The molecule has 0 radical (unpaired) electrons. The molecule has 0 heterocycles. The molecule has 4 heteroatoms. The lowest BCUT2D eigenvalue weighted by molar-refractivity contribution is -0.119. The van der Waals surface area contributed by atoms with E-state index in [0.29, 0.717) is 13.0 Å². The van der Waals surface area contributed by atoms with Gasteiger partial charge in [-0.05, 0) is 25.5 Å². The van der Waals surface area contributed by atoms with Crippen molar-refractivity contribution in [1.29, 1.82) is 0 Å². The van der Waals surface area contributed by atoms with Gasteiger partial charge in [-0.2, -0.15) is 0 Å². The highest BCUT2D eigenvalue weighted by Gasteiger charge is 2.57. The zero-order valence-corrected chi connectivity index (χ0v) is 10.5. The fourth-order valence-corrected chi connectivity index (χ4v) is 2.24. The first kappa shape index (κ1) is 11.7. The number of hydrogen-bond acceptors (Lipinski definition) is 1. The molecule has 2 nitrogen and oxygen atoms in total. The number of carbonyl (C=O) groups excluding carboxylic acids is 1. The first-order chi connectivity index (χ1) is 7.56. The minimum absolute atomic E-state index is 0.0127. The molecule has 1 aliphatic rings. The molecule has 0 aliphatic heterocycles. The maximum Gasteiger partial charge on any atom is 0.233 e. The smallest absolute Gasteiger partial charge is 0.233 e. The third-order valence-corrected chi connectivity index (χ3v) is 3.61. The lowest BCUT2D eigenvalue weighted by Gasteiger charge is -2.21. The van der Waals surface area contributed by atoms with Crippen LogP contribution in [0, 0.1) is 5.92 Å². The van der Waals surface area contributed by atoms with Crippen molar-refractivity contribution in [3.63, 3.8) is 0 Å². The Labute approximate surface area is 105 Å². The molecule has 0 spiro atoms. The van der Waals surface area contributed by atoms with Crippen molar-refractivity contribution in [2.24, 2.45) is 5.92 Å². The molecular formula is C12H13Cl2NO. The number of alkyl halides is 2. The summed E-state index contributed by atoms with van der Waals surface area (Å²) in [6.45, 7) is 2.57. The van der Waals surface area contributed by atoms with E-state index in [1.165, 1.54) is 0 Å². The zero-order valence-electron chi connectivity index (χ0n) is 8.99. The number of benzene rings is 1. The first-order valence-corrected chi connectivity index (χ1v) is 6.06. The van der Waals surface area contributed by atoms with Crippen LogP contribution in [-0.2, 0) is 4.79 Å². The van der Waals surface area contributed by atoms with Crippen molar-refractivity contribution >= 4 is 34.8 Å². The second kappa shape index (κ2) is 4.27. The lowest BCUT2D eigenvalue weighted by atomic mass is 10.2. The average Bonchev–Trinajstić information content (AvgIpc) is 2.90. The third kappa shape index (κ3) is 2.18. The molecule has 1 aliphatic carbocycles. The van der Waals surface area contributed by atoms with E-state index in [1.807, 2.05) is 37.3 Å². The molecule has 2 rings (SSSR count). The Balaban J connectivity index is 2.15. The van der Waals surface area contributed by atoms with Gasteiger partial charge in [0.05, 0.1) is 5.92 Å². The predicted molar refractivity (Wildman–Crippen MR) is 67.0 cm³/mol. The standard InChI is InChI=1S/C12H13Cl2NO/c1-2-15(9-6-4-3-5-7-9)11(16)10-8-12(10,13)14/h3-7,10H,2,8H2,1H3. The van der Waals surface area contributed by atoms with Gasteiger partial charge in [0.25, 0.3) is 0 Å². The van der Waals surface area contributed by atoms with Crippen LogP contribution < -0.4 is 4.90 Å². The van der Waals surface area contributed by atoms with Crippen molar-refractivity contribution in [2.75, 3.05) is 11.4 Å². The van der Waals surface area contributed by atoms with Gasteiger partial charge < -0.3 is 4.90 Å². The van der Waals surface area contributed by atoms with Gasteiger partial charge in [0.2, 0.25) is 5.91 Å². The van der Waals surface area contributed by atoms with Gasteiger partial charge in [-0.15, -0.1) is 23.2 Å². The van der Waals surface area contributed by atoms with Crippen molar-refractivity contribution in [3.05, 3.63) is 30.3 Å². The van der Waals surface area contributed by atoms with Gasteiger partial charge in [0.15, 0.2) is 0 Å². The van der Waals surface area contributed by atoms with Gasteiger partial charge in [-0.25, -0.2) is 0 Å². The molecule has 1 aromatic carbocycles. The van der Waals surface area contributed by atoms with Crippen molar-refractivity contribution in [1.82, 2.24) is 0 Å². The summed E-state index contributed by atoms with van der Waals surface area (Å²) < 4.78 is -0.848. The molecule has 86 valence electrons. The Hall–Kier alpha value is -0.730. The summed E-state index contributed by atoms with van der Waals surface area (Å²) in [5.41, 5.74) is 0.894. The van der Waals surface area contributed by atoms with Crippen LogP contribution >= 0.6 is 23.2 Å². The van der Waals surface area contributed by atoms with Gasteiger partial charge in [-0.1, -0.05) is 18.2 Å². The fraction of sp³-hybridized carbons (Fsp3) is 0.417. The molecule has 0 saturated heterocycles. The van der Waals surface area contributed by atoms with E-state index in [1.54, 1.807) is 4.90 Å². The van der Waals surface area contributed by atoms with Crippen LogP contribution in [0.2, 0.25) is 0 Å². The highest BCUT2D eigenvalue weighted by molar-refractivity contribution is 6.52. The normalized spacial score (nSPS) is 21.6. The molecule has 1 unspecified atom stereocenters. The van der Waals surface area contributed by atoms with Crippen LogP contribution in [0.1, 0.15) is 13.3 Å². The Morgan fingerprint density at radius 3 is 2.44 bits per heavy atom. The predicted octanol–water partition coefficient (Wildman–Crippen LogP) is 3.23. The maximum atomic E-state index is 12.1. The highest BCUT2D eigenvalue weighted by atomic mass is 35.5. The summed E-state index contributed by atoms with van der Waals surface area (Å²) in [6, 6.07) is 9.56. The molecule has 0 bridgehead atoms. The van der Waals surface area contributed by atoms with Crippen LogP contribution in [-0.4, -0.2) is 16.8 Å². The summed E-state index contributed by atoms with van der Waals surface area (Å²) in [5, 5.41) is 0. The number of amides is 1. The molecule has 1 aromatic rings. The van der Waals surface area contributed by atoms with Gasteiger partial charge >= 0.3 is 0 Å². The van der Waals surface area contributed by atoms with Gasteiger partial charge in [0.1, 0.15) is 4.33 Å². The maximum absolute atomic E-state index is 12.1. The Kier molecular flexibility index (Phi) is 3.13. The average molecular weight is 258 g/mol. The van der Waals surface area contributed by atoms with Crippen LogP contribution in [0.15, 0.2) is 30.3 Å². The van der Waals surface area contributed by atoms with E-state index < -0.39 is 4.33 Å². The van der Waals surface area contributed by atoms with E-state index in [-0.39, 0.29) is 11.8 Å². The third-order valence-electron chi connectivity index (χ3n) is 2.77. The molecule has 16 heavy (non-hydrogen) atoms. The fourth-order valence-electron chi connectivity index (χ4n) is 1.74. The van der Waals surface area contributed by atoms with Gasteiger partial charge in [0, 0.05) is 12.2 Å². The molecule has 1 fully saturated rings. The number of nitrogens with zero attached hydrogens (tertiary/aromatic N) is 1. The number of rotatable bonds is 3. The van der Waals surface area contributed by atoms with Crippen LogP contribution in [0.5, 0.6) is 0 Å². The first-order valence-electron chi connectivity index (χ1n) is 5.30. The number of carbonyl (C=O) groups is 1. The number of anilines is 1. The summed E-state index contributed by atoms with van der Waals surface area (Å²) in [6.07, 6.45) is 0.554. The van der Waals surface area contributed by atoms with Gasteiger partial charge in [-0.3, -0.25) is 4.79 Å².